The van der Waals surface area contributed by atoms with E-state index in [1.54, 1.807) is 14.1 Å². The van der Waals surface area contributed by atoms with Crippen molar-refractivity contribution in [2.24, 2.45) is 0 Å². The normalized spacial score (nSPS) is 10.3. The average Bonchev–Trinajstić information content (AvgIpc) is 2.34. The second-order valence-corrected chi connectivity index (χ2v) is 2.81. The molecule has 66 valence electrons. The Labute approximate surface area is 75.1 Å². The lowest BCUT2D eigenvalue weighted by Crippen LogP contribution is -2.35. The summed E-state index contributed by atoms with van der Waals surface area (Å²) in [7, 11) is 3.42. The minimum absolute atomic E-state index is 0.203. The molecule has 1 rings (SSSR count). The molecule has 1 heterocycles. The summed E-state index contributed by atoms with van der Waals surface area (Å²) in [5.74, 6) is -0.111. The predicted molar refractivity (Wildman–Crippen MR) is 44.9 cm³/mol. The fourth-order valence-electron chi connectivity index (χ4n) is 0.695. The maximum atomic E-state index is 11.2. The van der Waals surface area contributed by atoms with Crippen LogP contribution in [0, 0.1) is 0 Å². The molecule has 1 N–H and O–H groups in total. The van der Waals surface area contributed by atoms with Crippen molar-refractivity contribution in [3.8, 4) is 0 Å². The monoisotopic (exact) mass is 188 g/mol. The van der Waals surface area contributed by atoms with Gasteiger partial charge in [0.05, 0.1) is 0 Å². The fourth-order valence-corrected chi connectivity index (χ4v) is 0.841. The van der Waals surface area contributed by atoms with E-state index in [0.717, 1.165) is 0 Å². The van der Waals surface area contributed by atoms with Gasteiger partial charge in [0.25, 0.3) is 0 Å². The number of hydrogen-bond donors (Lipinski definition) is 1. The van der Waals surface area contributed by atoms with Gasteiger partial charge in [0.1, 0.15) is 0 Å². The van der Waals surface area contributed by atoms with Gasteiger partial charge in [-0.3, -0.25) is 10.2 Å². The lowest BCUT2D eigenvalue weighted by molar-refractivity contribution is 0.0827. The maximum Gasteiger partial charge on any atom is 0.301 e. The fraction of sp³-hybridized carbons (Fsp3) is 0.286. The van der Waals surface area contributed by atoms with Gasteiger partial charge in [-0.25, -0.2) is 5.01 Å². The molecule has 1 aromatic heterocycles. The van der Waals surface area contributed by atoms with E-state index in [0.29, 0.717) is 0 Å². The Hall–Kier alpha value is -1.00. The van der Waals surface area contributed by atoms with Crippen molar-refractivity contribution in [3.63, 3.8) is 0 Å². The quantitative estimate of drug-likeness (QED) is 0.708. The van der Waals surface area contributed by atoms with Gasteiger partial charge in [-0.1, -0.05) is 0 Å². The molecule has 0 atom stereocenters. The second kappa shape index (κ2) is 3.60. The van der Waals surface area contributed by atoms with Crippen LogP contribution in [0.3, 0.4) is 0 Å². The highest BCUT2D eigenvalue weighted by Crippen LogP contribution is 2.12. The highest BCUT2D eigenvalue weighted by Gasteiger charge is 2.09. The van der Waals surface area contributed by atoms with E-state index in [9.17, 15) is 4.79 Å². The van der Waals surface area contributed by atoms with Crippen molar-refractivity contribution in [2.75, 3.05) is 14.1 Å². The zero-order valence-corrected chi connectivity index (χ0v) is 7.55. The van der Waals surface area contributed by atoms with Crippen molar-refractivity contribution >= 4 is 17.5 Å². The van der Waals surface area contributed by atoms with Gasteiger partial charge >= 0.3 is 5.91 Å². The van der Waals surface area contributed by atoms with Crippen molar-refractivity contribution in [2.45, 2.75) is 0 Å². The molecule has 0 aliphatic heterocycles. The molecule has 0 fully saturated rings. The SMILES string of the molecule is CN(C)NC(=O)c1ccc(Cl)o1. The summed E-state index contributed by atoms with van der Waals surface area (Å²) in [6, 6.07) is 3.04. The summed E-state index contributed by atoms with van der Waals surface area (Å²) in [4.78, 5) is 11.2. The largest absolute Gasteiger partial charge is 0.440 e. The molecule has 0 spiro atoms. The van der Waals surface area contributed by atoms with E-state index < -0.39 is 0 Å². The van der Waals surface area contributed by atoms with Crippen LogP contribution in [0.1, 0.15) is 10.6 Å². The van der Waals surface area contributed by atoms with Gasteiger partial charge in [0.2, 0.25) is 0 Å². The van der Waals surface area contributed by atoms with Crippen molar-refractivity contribution in [1.29, 1.82) is 0 Å². The highest BCUT2D eigenvalue weighted by molar-refractivity contribution is 6.29. The zero-order valence-electron chi connectivity index (χ0n) is 6.80. The number of furan rings is 1. The third-order valence-corrected chi connectivity index (χ3v) is 1.33. The zero-order chi connectivity index (χ0) is 9.14. The third kappa shape index (κ3) is 2.25. The molecule has 0 saturated heterocycles. The molecule has 1 aromatic rings. The molecule has 0 aromatic carbocycles. The van der Waals surface area contributed by atoms with Gasteiger partial charge < -0.3 is 4.42 Å². The molecule has 0 aliphatic carbocycles. The number of hydrogen-bond acceptors (Lipinski definition) is 3. The number of rotatable bonds is 2. The van der Waals surface area contributed by atoms with Gasteiger partial charge in [-0.2, -0.15) is 0 Å². The third-order valence-electron chi connectivity index (χ3n) is 1.12. The average molecular weight is 189 g/mol. The number of amides is 1. The molecular weight excluding hydrogens is 180 g/mol. The molecule has 0 radical (unpaired) electrons. The van der Waals surface area contributed by atoms with Crippen molar-refractivity contribution < 1.29 is 9.21 Å². The Morgan fingerprint density at radius 2 is 2.25 bits per heavy atom. The van der Waals surface area contributed by atoms with Crippen LogP contribution in [-0.4, -0.2) is 25.0 Å². The van der Waals surface area contributed by atoms with Crippen LogP contribution in [-0.2, 0) is 0 Å². The van der Waals surface area contributed by atoms with E-state index in [2.05, 4.69) is 5.43 Å². The first kappa shape index (κ1) is 9.09. The van der Waals surface area contributed by atoms with Crippen LogP contribution in [0.4, 0.5) is 0 Å². The lowest BCUT2D eigenvalue weighted by Gasteiger charge is -2.09. The molecular formula is C7H9ClN2O2. The number of carbonyl (C=O) groups is 1. The molecule has 1 amide bonds. The van der Waals surface area contributed by atoms with E-state index in [1.807, 2.05) is 0 Å². The van der Waals surface area contributed by atoms with Gasteiger partial charge in [-0.05, 0) is 23.7 Å². The Morgan fingerprint density at radius 3 is 2.67 bits per heavy atom. The molecule has 0 aliphatic rings. The smallest absolute Gasteiger partial charge is 0.301 e. The molecule has 12 heavy (non-hydrogen) atoms. The first-order valence-corrected chi connectivity index (χ1v) is 3.71. The number of hydrazine groups is 1. The summed E-state index contributed by atoms with van der Waals surface area (Å²) < 4.78 is 4.87. The standard InChI is InChI=1S/C7H9ClN2O2/c1-10(2)9-7(11)5-3-4-6(8)12-5/h3-4H,1-2H3,(H,9,11). The van der Waals surface area contributed by atoms with Crippen LogP contribution in [0.25, 0.3) is 0 Å². The molecule has 0 unspecified atom stereocenters. The molecule has 0 bridgehead atoms. The molecule has 4 nitrogen and oxygen atoms in total. The maximum absolute atomic E-state index is 11.2. The van der Waals surface area contributed by atoms with Gasteiger partial charge in [0, 0.05) is 14.1 Å². The summed E-state index contributed by atoms with van der Waals surface area (Å²) in [5, 5.41) is 1.73. The Bertz CT molecular complexity index is 283. The Kier molecular flexibility index (Phi) is 2.73. The second-order valence-electron chi connectivity index (χ2n) is 2.44. The van der Waals surface area contributed by atoms with Crippen LogP contribution >= 0.6 is 11.6 Å². The first-order valence-electron chi connectivity index (χ1n) is 3.33. The summed E-state index contributed by atoms with van der Waals surface area (Å²) in [6.45, 7) is 0. The van der Waals surface area contributed by atoms with E-state index in [-0.39, 0.29) is 16.9 Å². The number of nitrogens with one attached hydrogen (secondary N) is 1. The number of nitrogens with zero attached hydrogens (tertiary/aromatic N) is 1. The first-order chi connectivity index (χ1) is 5.59. The van der Waals surface area contributed by atoms with Crippen LogP contribution < -0.4 is 5.43 Å². The minimum Gasteiger partial charge on any atom is -0.440 e. The number of carbonyl (C=O) groups excluding carboxylic acids is 1. The number of halogens is 1. The highest BCUT2D eigenvalue weighted by atomic mass is 35.5. The van der Waals surface area contributed by atoms with Gasteiger partial charge in [-0.15, -0.1) is 0 Å². The Morgan fingerprint density at radius 1 is 1.58 bits per heavy atom. The lowest BCUT2D eigenvalue weighted by atomic mass is 10.4. The molecule has 0 saturated carbocycles. The molecule has 5 heteroatoms. The van der Waals surface area contributed by atoms with Crippen LogP contribution in [0.2, 0.25) is 5.22 Å². The topological polar surface area (TPSA) is 45.5 Å². The van der Waals surface area contributed by atoms with E-state index in [4.69, 9.17) is 16.0 Å². The van der Waals surface area contributed by atoms with Crippen molar-refractivity contribution in [1.82, 2.24) is 10.4 Å². The minimum atomic E-state index is -0.313. The summed E-state index contributed by atoms with van der Waals surface area (Å²) in [5.41, 5.74) is 2.51. The predicted octanol–water partition coefficient (Wildman–Crippen LogP) is 1.14. The van der Waals surface area contributed by atoms with Gasteiger partial charge in [0.15, 0.2) is 11.0 Å². The Balaban J connectivity index is 2.65. The van der Waals surface area contributed by atoms with Crippen molar-refractivity contribution in [3.05, 3.63) is 23.1 Å². The van der Waals surface area contributed by atoms with Crippen LogP contribution in [0.5, 0.6) is 0 Å². The van der Waals surface area contributed by atoms with E-state index in [1.165, 1.54) is 17.1 Å². The van der Waals surface area contributed by atoms with E-state index >= 15 is 0 Å². The van der Waals surface area contributed by atoms with Crippen LogP contribution in [0.15, 0.2) is 16.5 Å². The summed E-state index contributed by atoms with van der Waals surface area (Å²) in [6.07, 6.45) is 0. The summed E-state index contributed by atoms with van der Waals surface area (Å²) >= 11 is 5.48.